The SMILES string of the molecule is N#CC[C@H]1CN(c2ncnc3cc(-c4c(O)cccc4F)c4c(c23)OCCC4)CCN1. The van der Waals surface area contributed by atoms with Crippen LogP contribution in [0.2, 0.25) is 0 Å². The fraction of sp³-hybridized carbons (Fsp3) is 0.348. The molecular weight excluding hydrogens is 397 g/mol. The summed E-state index contributed by atoms with van der Waals surface area (Å²) in [6.45, 7) is 2.72. The first-order valence-corrected chi connectivity index (χ1v) is 10.4. The lowest BCUT2D eigenvalue weighted by atomic mass is 9.91. The molecule has 31 heavy (non-hydrogen) atoms. The molecule has 2 aliphatic heterocycles. The normalized spacial score (nSPS) is 18.3. The van der Waals surface area contributed by atoms with E-state index in [4.69, 9.17) is 10.00 Å². The van der Waals surface area contributed by atoms with Crippen molar-refractivity contribution in [3.05, 3.63) is 42.0 Å². The Hall–Kier alpha value is -3.44. The molecule has 0 unspecified atom stereocenters. The first kappa shape index (κ1) is 19.5. The van der Waals surface area contributed by atoms with Gasteiger partial charge < -0.3 is 20.1 Å². The van der Waals surface area contributed by atoms with E-state index in [0.717, 1.165) is 36.3 Å². The smallest absolute Gasteiger partial charge is 0.143 e. The number of phenolic OH excluding ortho intramolecular Hbond substituents is 1. The predicted octanol–water partition coefficient (Wildman–Crippen LogP) is 3.16. The van der Waals surface area contributed by atoms with E-state index >= 15 is 0 Å². The molecular formula is C23H22FN5O2. The Bertz CT molecular complexity index is 1170. The molecule has 1 atom stereocenters. The Kier molecular flexibility index (Phi) is 5.04. The average Bonchev–Trinajstić information content (AvgIpc) is 2.79. The molecule has 3 aromatic rings. The number of hydrogen-bond donors (Lipinski definition) is 2. The quantitative estimate of drug-likeness (QED) is 0.673. The van der Waals surface area contributed by atoms with Crippen LogP contribution in [0.1, 0.15) is 18.4 Å². The second-order valence-electron chi connectivity index (χ2n) is 7.87. The predicted molar refractivity (Wildman–Crippen MR) is 115 cm³/mol. The summed E-state index contributed by atoms with van der Waals surface area (Å²) >= 11 is 0. The molecule has 0 bridgehead atoms. The lowest BCUT2D eigenvalue weighted by molar-refractivity contribution is 0.292. The van der Waals surface area contributed by atoms with Crippen LogP contribution in [0.3, 0.4) is 0 Å². The minimum absolute atomic E-state index is 0.0649. The van der Waals surface area contributed by atoms with Crippen LogP contribution in [0.15, 0.2) is 30.6 Å². The molecule has 3 heterocycles. The van der Waals surface area contributed by atoms with Gasteiger partial charge in [0.25, 0.3) is 0 Å². The highest BCUT2D eigenvalue weighted by Gasteiger charge is 2.28. The number of anilines is 1. The molecule has 2 N–H and O–H groups in total. The number of rotatable bonds is 3. The highest BCUT2D eigenvalue weighted by molar-refractivity contribution is 6.00. The average molecular weight is 419 g/mol. The van der Waals surface area contributed by atoms with Gasteiger partial charge in [-0.05, 0) is 36.6 Å². The summed E-state index contributed by atoms with van der Waals surface area (Å²) in [4.78, 5) is 11.2. The maximum atomic E-state index is 14.7. The molecule has 0 amide bonds. The van der Waals surface area contributed by atoms with E-state index < -0.39 is 5.82 Å². The molecule has 0 spiro atoms. The highest BCUT2D eigenvalue weighted by atomic mass is 19.1. The third-order valence-corrected chi connectivity index (χ3v) is 5.94. The third-order valence-electron chi connectivity index (χ3n) is 5.94. The zero-order valence-corrected chi connectivity index (χ0v) is 16.9. The number of nitrogens with one attached hydrogen (secondary N) is 1. The van der Waals surface area contributed by atoms with Gasteiger partial charge in [0.05, 0.1) is 35.6 Å². The molecule has 5 rings (SSSR count). The second-order valence-corrected chi connectivity index (χ2v) is 7.87. The van der Waals surface area contributed by atoms with Crippen molar-refractivity contribution in [1.82, 2.24) is 15.3 Å². The highest BCUT2D eigenvalue weighted by Crippen LogP contribution is 2.45. The first-order valence-electron chi connectivity index (χ1n) is 10.4. The van der Waals surface area contributed by atoms with Crippen LogP contribution >= 0.6 is 0 Å². The van der Waals surface area contributed by atoms with E-state index in [-0.39, 0.29) is 17.4 Å². The van der Waals surface area contributed by atoms with E-state index in [0.29, 0.717) is 42.8 Å². The molecule has 1 aromatic heterocycles. The van der Waals surface area contributed by atoms with Crippen LogP contribution in [0.4, 0.5) is 10.2 Å². The Labute approximate surface area is 179 Å². The maximum absolute atomic E-state index is 14.7. The van der Waals surface area contributed by atoms with Gasteiger partial charge in [-0.1, -0.05) is 6.07 Å². The van der Waals surface area contributed by atoms with Gasteiger partial charge in [0.1, 0.15) is 29.5 Å². The van der Waals surface area contributed by atoms with Crippen molar-refractivity contribution in [3.8, 4) is 28.7 Å². The third kappa shape index (κ3) is 3.41. The molecule has 8 heteroatoms. The standard InChI is InChI=1S/C23H22FN5O2/c24-17-4-1-5-19(30)20(17)16-11-18-21(22-15(16)3-2-10-31-22)23(28-13-27-18)29-9-8-26-14(12-29)6-7-25/h1,4-5,11,13-14,26,30H,2-3,6,8-10,12H2/t14-/m0/s1. The van der Waals surface area contributed by atoms with Gasteiger partial charge in [0.15, 0.2) is 0 Å². The van der Waals surface area contributed by atoms with Crippen molar-refractivity contribution in [1.29, 1.82) is 5.26 Å². The molecule has 1 saturated heterocycles. The molecule has 1 fully saturated rings. The van der Waals surface area contributed by atoms with Gasteiger partial charge in [-0.15, -0.1) is 0 Å². The van der Waals surface area contributed by atoms with Crippen molar-refractivity contribution >= 4 is 16.7 Å². The summed E-state index contributed by atoms with van der Waals surface area (Å²) in [5.41, 5.74) is 2.27. The number of phenols is 1. The zero-order chi connectivity index (χ0) is 21.4. The monoisotopic (exact) mass is 419 g/mol. The Morgan fingerprint density at radius 3 is 3.10 bits per heavy atom. The molecule has 2 aliphatic rings. The Morgan fingerprint density at radius 1 is 1.35 bits per heavy atom. The van der Waals surface area contributed by atoms with Gasteiger partial charge in [0, 0.05) is 31.2 Å². The largest absolute Gasteiger partial charge is 0.507 e. The summed E-state index contributed by atoms with van der Waals surface area (Å²) in [7, 11) is 0. The number of benzene rings is 2. The number of piperazine rings is 1. The van der Waals surface area contributed by atoms with E-state index in [9.17, 15) is 9.50 Å². The molecule has 0 saturated carbocycles. The van der Waals surface area contributed by atoms with E-state index in [2.05, 4.69) is 26.3 Å². The topological polar surface area (TPSA) is 94.3 Å². The number of nitrogens with zero attached hydrogens (tertiary/aromatic N) is 4. The number of aromatic hydroxyl groups is 1. The van der Waals surface area contributed by atoms with Gasteiger partial charge in [-0.3, -0.25) is 0 Å². The van der Waals surface area contributed by atoms with Crippen LogP contribution in [0.25, 0.3) is 22.0 Å². The van der Waals surface area contributed by atoms with Crippen molar-refractivity contribution < 1.29 is 14.2 Å². The second kappa shape index (κ2) is 8.00. The number of nitriles is 1. The van der Waals surface area contributed by atoms with Crippen molar-refractivity contribution in [3.63, 3.8) is 0 Å². The lowest BCUT2D eigenvalue weighted by Crippen LogP contribution is -2.50. The van der Waals surface area contributed by atoms with Crippen LogP contribution < -0.4 is 15.0 Å². The lowest BCUT2D eigenvalue weighted by Gasteiger charge is -2.34. The van der Waals surface area contributed by atoms with Crippen LogP contribution in [-0.2, 0) is 6.42 Å². The number of hydrogen-bond acceptors (Lipinski definition) is 7. The summed E-state index contributed by atoms with van der Waals surface area (Å²) in [6, 6.07) is 8.43. The fourth-order valence-electron chi connectivity index (χ4n) is 4.55. The number of halogens is 1. The first-order chi connectivity index (χ1) is 15.2. The van der Waals surface area contributed by atoms with Crippen molar-refractivity contribution in [2.75, 3.05) is 31.1 Å². The number of ether oxygens (including phenoxy) is 1. The van der Waals surface area contributed by atoms with E-state index in [1.807, 2.05) is 6.07 Å². The van der Waals surface area contributed by atoms with Crippen LogP contribution in [0, 0.1) is 17.1 Å². The molecule has 158 valence electrons. The summed E-state index contributed by atoms with van der Waals surface area (Å²) < 4.78 is 20.8. The maximum Gasteiger partial charge on any atom is 0.143 e. The van der Waals surface area contributed by atoms with Crippen molar-refractivity contribution in [2.24, 2.45) is 0 Å². The number of fused-ring (bicyclic) bond motifs is 3. The van der Waals surface area contributed by atoms with E-state index in [1.54, 1.807) is 0 Å². The molecule has 0 radical (unpaired) electrons. The minimum Gasteiger partial charge on any atom is -0.507 e. The van der Waals surface area contributed by atoms with Gasteiger partial charge >= 0.3 is 0 Å². The summed E-state index contributed by atoms with van der Waals surface area (Å²) in [5.74, 6) is 0.829. The fourth-order valence-corrected chi connectivity index (χ4v) is 4.55. The molecule has 2 aromatic carbocycles. The Balaban J connectivity index is 1.71. The van der Waals surface area contributed by atoms with Crippen molar-refractivity contribution in [2.45, 2.75) is 25.3 Å². The molecule has 0 aliphatic carbocycles. The Morgan fingerprint density at radius 2 is 2.26 bits per heavy atom. The minimum atomic E-state index is -0.483. The molecule has 7 nitrogen and oxygen atoms in total. The summed E-state index contributed by atoms with van der Waals surface area (Å²) in [5, 5.41) is 23.7. The zero-order valence-electron chi connectivity index (χ0n) is 16.9. The van der Waals surface area contributed by atoms with Gasteiger partial charge in [0.2, 0.25) is 0 Å². The van der Waals surface area contributed by atoms with Gasteiger partial charge in [-0.2, -0.15) is 5.26 Å². The number of aromatic nitrogens is 2. The van der Waals surface area contributed by atoms with E-state index in [1.165, 1.54) is 24.5 Å². The van der Waals surface area contributed by atoms with Crippen LogP contribution in [0.5, 0.6) is 11.5 Å². The van der Waals surface area contributed by atoms with Gasteiger partial charge in [-0.25, -0.2) is 14.4 Å². The summed E-state index contributed by atoms with van der Waals surface area (Å²) in [6.07, 6.45) is 3.44. The van der Waals surface area contributed by atoms with Crippen LogP contribution in [-0.4, -0.2) is 47.4 Å².